The largest absolute Gasteiger partial charge is 0.309 e. The molecule has 0 atom stereocenters. The number of hydrogen-bond acceptors (Lipinski definition) is 4. The van der Waals surface area contributed by atoms with Crippen LogP contribution in [-0.2, 0) is 9.59 Å². The number of amides is 2. The summed E-state index contributed by atoms with van der Waals surface area (Å²) >= 11 is 0. The molecule has 0 N–H and O–H groups in total. The van der Waals surface area contributed by atoms with Gasteiger partial charge in [-0.15, -0.1) is 0 Å². The van der Waals surface area contributed by atoms with Crippen LogP contribution in [0.25, 0.3) is 0 Å². The highest BCUT2D eigenvalue weighted by Crippen LogP contribution is 2.32. The van der Waals surface area contributed by atoms with Gasteiger partial charge < -0.3 is 4.90 Å². The molecule has 0 aromatic rings. The molecule has 0 aliphatic carbocycles. The summed E-state index contributed by atoms with van der Waals surface area (Å²) in [6.07, 6.45) is 0.806. The van der Waals surface area contributed by atoms with Crippen molar-refractivity contribution < 1.29 is 9.59 Å². The summed E-state index contributed by atoms with van der Waals surface area (Å²) in [5.74, 6) is -0.198. The summed E-state index contributed by atoms with van der Waals surface area (Å²) in [5, 5.41) is 0. The van der Waals surface area contributed by atoms with E-state index in [0.717, 1.165) is 13.0 Å². The maximum atomic E-state index is 12.5. The van der Waals surface area contributed by atoms with E-state index in [9.17, 15) is 9.59 Å². The molecule has 0 aromatic carbocycles. The van der Waals surface area contributed by atoms with Crippen LogP contribution >= 0.6 is 0 Å². The van der Waals surface area contributed by atoms with Gasteiger partial charge in [-0.1, -0.05) is 0 Å². The van der Waals surface area contributed by atoms with Crippen LogP contribution < -0.4 is 0 Å². The third-order valence-electron chi connectivity index (χ3n) is 4.20. The first-order chi connectivity index (χ1) is 8.52. The smallest absolute Gasteiger partial charge is 0.249 e. The molecule has 5 nitrogen and oxygen atoms in total. The highest BCUT2D eigenvalue weighted by molar-refractivity contribution is 6.06. The van der Waals surface area contributed by atoms with E-state index < -0.39 is 11.1 Å². The second kappa shape index (κ2) is 5.21. The lowest BCUT2D eigenvalue weighted by Crippen LogP contribution is -2.72. The average molecular weight is 269 g/mol. The molecule has 0 spiro atoms. The number of hydrogen-bond donors (Lipinski definition) is 0. The average Bonchev–Trinajstić information content (AvgIpc) is 2.30. The molecule has 0 saturated carbocycles. The maximum absolute atomic E-state index is 12.5. The van der Waals surface area contributed by atoms with Gasteiger partial charge >= 0.3 is 0 Å². The molecule has 19 heavy (non-hydrogen) atoms. The molecule has 1 rings (SSSR count). The molecular formula is C14H27N3O2. The lowest BCUT2D eigenvalue weighted by atomic mass is 9.87. The Labute approximate surface area is 116 Å². The van der Waals surface area contributed by atoms with Gasteiger partial charge in [-0.05, 0) is 61.8 Å². The quantitative estimate of drug-likeness (QED) is 0.708. The summed E-state index contributed by atoms with van der Waals surface area (Å²) in [4.78, 5) is 30.3. The normalized spacial score (nSPS) is 23.3. The van der Waals surface area contributed by atoms with E-state index in [2.05, 4.69) is 4.90 Å². The molecule has 1 fully saturated rings. The Bertz CT molecular complexity index is 347. The van der Waals surface area contributed by atoms with Gasteiger partial charge in [-0.3, -0.25) is 19.4 Å². The molecule has 1 saturated heterocycles. The van der Waals surface area contributed by atoms with Gasteiger partial charge in [-0.25, -0.2) is 0 Å². The van der Waals surface area contributed by atoms with E-state index in [0.29, 0.717) is 6.54 Å². The summed E-state index contributed by atoms with van der Waals surface area (Å²) in [6, 6.07) is 0. The highest BCUT2D eigenvalue weighted by atomic mass is 16.2. The van der Waals surface area contributed by atoms with E-state index >= 15 is 0 Å². The minimum atomic E-state index is -0.643. The first kappa shape index (κ1) is 16.1. The van der Waals surface area contributed by atoms with Gasteiger partial charge in [0, 0.05) is 6.54 Å². The fourth-order valence-electron chi connectivity index (χ4n) is 2.49. The monoisotopic (exact) mass is 269 g/mol. The number of carbonyl (C=O) groups is 2. The summed E-state index contributed by atoms with van der Waals surface area (Å²) < 4.78 is 0. The lowest BCUT2D eigenvalue weighted by molar-refractivity contribution is -0.172. The molecule has 1 aliphatic rings. The van der Waals surface area contributed by atoms with Gasteiger partial charge in [0.15, 0.2) is 0 Å². The standard InChI is InChI=1S/C14H27N3O2/c1-13(2)11(18)17(10-8-9-15(5)6)12(19)14(3,4)16(13)7/h8-10H2,1-7H3. The Hall–Kier alpha value is -0.940. The number of likely N-dealkylation sites (N-methyl/N-ethyl adjacent to an activating group) is 1. The predicted molar refractivity (Wildman–Crippen MR) is 75.8 cm³/mol. The molecule has 1 aliphatic heterocycles. The van der Waals surface area contributed by atoms with Crippen LogP contribution in [-0.4, -0.2) is 71.8 Å². The number of piperazine rings is 1. The fourth-order valence-corrected chi connectivity index (χ4v) is 2.49. The zero-order valence-electron chi connectivity index (χ0n) is 13.3. The Balaban J connectivity index is 2.91. The number of imide groups is 1. The SMILES string of the molecule is CN(C)CCCN1C(=O)C(C)(C)N(C)C(C)(C)C1=O. The van der Waals surface area contributed by atoms with E-state index in [1.807, 2.05) is 53.7 Å². The topological polar surface area (TPSA) is 43.9 Å². The van der Waals surface area contributed by atoms with Crippen LogP contribution in [0.1, 0.15) is 34.1 Å². The van der Waals surface area contributed by atoms with Crippen molar-refractivity contribution in [1.29, 1.82) is 0 Å². The fraction of sp³-hybridized carbons (Fsp3) is 0.857. The van der Waals surface area contributed by atoms with Gasteiger partial charge in [0.2, 0.25) is 11.8 Å². The van der Waals surface area contributed by atoms with Crippen LogP contribution in [0, 0.1) is 0 Å². The Morgan fingerprint density at radius 1 is 1.00 bits per heavy atom. The molecule has 0 aromatic heterocycles. The molecule has 1 heterocycles. The van der Waals surface area contributed by atoms with Gasteiger partial charge in [0.25, 0.3) is 0 Å². The minimum Gasteiger partial charge on any atom is -0.309 e. The summed E-state index contributed by atoms with van der Waals surface area (Å²) in [7, 11) is 5.82. The Morgan fingerprint density at radius 3 is 1.79 bits per heavy atom. The van der Waals surface area contributed by atoms with Crippen LogP contribution in [0.15, 0.2) is 0 Å². The minimum absolute atomic E-state index is 0.0990. The van der Waals surface area contributed by atoms with E-state index in [1.165, 1.54) is 4.90 Å². The number of carbonyl (C=O) groups excluding carboxylic acids is 2. The van der Waals surface area contributed by atoms with Crippen LogP contribution in [0.4, 0.5) is 0 Å². The molecule has 110 valence electrons. The van der Waals surface area contributed by atoms with Gasteiger partial charge in [0.1, 0.15) is 0 Å². The molecule has 2 amide bonds. The molecule has 5 heteroatoms. The number of nitrogens with zero attached hydrogens (tertiary/aromatic N) is 3. The Morgan fingerprint density at radius 2 is 1.42 bits per heavy atom. The summed E-state index contributed by atoms with van der Waals surface area (Å²) in [6.45, 7) is 8.88. The van der Waals surface area contributed by atoms with E-state index in [-0.39, 0.29) is 11.8 Å². The zero-order valence-corrected chi connectivity index (χ0v) is 13.3. The summed E-state index contributed by atoms with van der Waals surface area (Å²) in [5.41, 5.74) is -1.29. The van der Waals surface area contributed by atoms with Crippen molar-refractivity contribution in [3.8, 4) is 0 Å². The third kappa shape index (κ3) is 2.82. The first-order valence-electron chi connectivity index (χ1n) is 6.78. The maximum Gasteiger partial charge on any atom is 0.249 e. The third-order valence-corrected chi connectivity index (χ3v) is 4.20. The van der Waals surface area contributed by atoms with Crippen molar-refractivity contribution in [2.24, 2.45) is 0 Å². The second-order valence-electron chi connectivity index (χ2n) is 6.60. The van der Waals surface area contributed by atoms with Crippen LogP contribution in [0.5, 0.6) is 0 Å². The molecular weight excluding hydrogens is 242 g/mol. The Kier molecular flexibility index (Phi) is 4.42. The lowest BCUT2D eigenvalue weighted by Gasteiger charge is -2.51. The van der Waals surface area contributed by atoms with Crippen molar-refractivity contribution in [3.05, 3.63) is 0 Å². The van der Waals surface area contributed by atoms with Crippen LogP contribution in [0.2, 0.25) is 0 Å². The first-order valence-corrected chi connectivity index (χ1v) is 6.78. The van der Waals surface area contributed by atoms with E-state index in [4.69, 9.17) is 0 Å². The zero-order chi connectivity index (χ0) is 15.0. The van der Waals surface area contributed by atoms with Crippen molar-refractivity contribution >= 4 is 11.8 Å². The van der Waals surface area contributed by atoms with E-state index in [1.54, 1.807) is 0 Å². The van der Waals surface area contributed by atoms with Gasteiger partial charge in [0.05, 0.1) is 11.1 Å². The molecule has 0 radical (unpaired) electrons. The predicted octanol–water partition coefficient (Wildman–Crippen LogP) is 0.796. The van der Waals surface area contributed by atoms with Crippen molar-refractivity contribution in [2.75, 3.05) is 34.2 Å². The van der Waals surface area contributed by atoms with Crippen LogP contribution in [0.3, 0.4) is 0 Å². The molecule has 0 unspecified atom stereocenters. The van der Waals surface area contributed by atoms with Gasteiger partial charge in [-0.2, -0.15) is 0 Å². The number of rotatable bonds is 4. The second-order valence-corrected chi connectivity index (χ2v) is 6.60. The highest BCUT2D eigenvalue weighted by Gasteiger charge is 2.53. The van der Waals surface area contributed by atoms with Crippen molar-refractivity contribution in [2.45, 2.75) is 45.2 Å². The van der Waals surface area contributed by atoms with Crippen molar-refractivity contribution in [3.63, 3.8) is 0 Å². The van der Waals surface area contributed by atoms with Crippen molar-refractivity contribution in [1.82, 2.24) is 14.7 Å². The molecule has 0 bridgehead atoms.